The Balaban J connectivity index is 1.77. The molecule has 2 aromatic heterocycles. The van der Waals surface area contributed by atoms with E-state index in [9.17, 15) is 4.79 Å². The second-order valence-corrected chi connectivity index (χ2v) is 7.25. The predicted octanol–water partition coefficient (Wildman–Crippen LogP) is 3.12. The van der Waals surface area contributed by atoms with Crippen LogP contribution in [0.15, 0.2) is 53.3 Å². The van der Waals surface area contributed by atoms with Gasteiger partial charge in [-0.25, -0.2) is 4.68 Å². The molecule has 0 spiro atoms. The Hall–Kier alpha value is -2.77. The Bertz CT molecular complexity index is 1270. The summed E-state index contributed by atoms with van der Waals surface area (Å²) in [6.45, 7) is 3.45. The summed E-state index contributed by atoms with van der Waals surface area (Å²) >= 11 is 5.69. The fourth-order valence-corrected chi connectivity index (χ4v) is 3.67. The molecule has 27 heavy (non-hydrogen) atoms. The topological polar surface area (TPSA) is 47.5 Å². The highest BCUT2D eigenvalue weighted by molar-refractivity contribution is 7.71. The third-order valence-corrected chi connectivity index (χ3v) is 5.27. The molecule has 0 aliphatic heterocycles. The summed E-state index contributed by atoms with van der Waals surface area (Å²) in [4.78, 5) is 14.8. The van der Waals surface area contributed by atoms with E-state index in [0.29, 0.717) is 22.6 Å². The lowest BCUT2D eigenvalue weighted by Crippen LogP contribution is -2.23. The van der Waals surface area contributed by atoms with Crippen LogP contribution in [0.1, 0.15) is 11.1 Å². The number of fused-ring (bicyclic) bond motifs is 3. The van der Waals surface area contributed by atoms with Crippen LogP contribution in [0.5, 0.6) is 0 Å². The van der Waals surface area contributed by atoms with E-state index in [4.69, 9.17) is 12.2 Å². The number of nitrogens with zero attached hydrogens (tertiary/aromatic N) is 5. The Morgan fingerprint density at radius 1 is 1.11 bits per heavy atom. The highest BCUT2D eigenvalue weighted by Crippen LogP contribution is 2.14. The Kier molecular flexibility index (Phi) is 4.41. The Morgan fingerprint density at radius 3 is 2.59 bits per heavy atom. The Morgan fingerprint density at radius 2 is 1.81 bits per heavy atom. The molecule has 0 unspecified atom stereocenters. The van der Waals surface area contributed by atoms with Gasteiger partial charge in [-0.1, -0.05) is 36.4 Å². The molecule has 138 valence electrons. The third kappa shape index (κ3) is 2.98. The van der Waals surface area contributed by atoms with Gasteiger partial charge < -0.3 is 0 Å². The minimum Gasteiger partial charge on any atom is -0.283 e. The predicted molar refractivity (Wildman–Crippen MR) is 109 cm³/mol. The fourth-order valence-electron chi connectivity index (χ4n) is 3.39. The SMILES string of the molecule is Cc1ccccc1CN(C)Cn1nc2n(C)c(=O)c3ccccc3n2c1=S. The van der Waals surface area contributed by atoms with Crippen molar-refractivity contribution in [3.8, 4) is 0 Å². The van der Waals surface area contributed by atoms with E-state index < -0.39 is 0 Å². The van der Waals surface area contributed by atoms with E-state index >= 15 is 0 Å². The van der Waals surface area contributed by atoms with E-state index in [1.807, 2.05) is 41.8 Å². The van der Waals surface area contributed by atoms with Crippen molar-refractivity contribution in [1.82, 2.24) is 23.6 Å². The van der Waals surface area contributed by atoms with Gasteiger partial charge in [-0.15, -0.1) is 5.10 Å². The zero-order chi connectivity index (χ0) is 19.1. The maximum absolute atomic E-state index is 12.6. The maximum atomic E-state index is 12.6. The molecular weight excluding hydrogens is 358 g/mol. The maximum Gasteiger partial charge on any atom is 0.262 e. The van der Waals surface area contributed by atoms with Crippen LogP contribution in [0, 0.1) is 11.7 Å². The van der Waals surface area contributed by atoms with Crippen LogP contribution in [0.3, 0.4) is 0 Å². The molecule has 0 fully saturated rings. The van der Waals surface area contributed by atoms with Crippen molar-refractivity contribution in [2.24, 2.45) is 7.05 Å². The van der Waals surface area contributed by atoms with Gasteiger partial charge >= 0.3 is 0 Å². The first-order valence-electron chi connectivity index (χ1n) is 8.77. The normalized spacial score (nSPS) is 11.7. The van der Waals surface area contributed by atoms with Crippen molar-refractivity contribution in [2.75, 3.05) is 7.05 Å². The van der Waals surface area contributed by atoms with Crippen LogP contribution in [0.25, 0.3) is 16.7 Å². The average molecular weight is 379 g/mol. The molecule has 7 heteroatoms. The van der Waals surface area contributed by atoms with E-state index in [1.54, 1.807) is 16.3 Å². The standard InChI is InChI=1S/C20H21N5OS/c1-14-8-4-5-9-15(14)12-22(2)13-24-20(27)25-17-11-7-6-10-16(17)18(26)23(3)19(25)21-24/h4-11H,12-13H2,1-3H3. The Labute approximate surface area is 161 Å². The van der Waals surface area contributed by atoms with Crippen LogP contribution < -0.4 is 5.56 Å². The monoisotopic (exact) mass is 379 g/mol. The summed E-state index contributed by atoms with van der Waals surface area (Å²) in [6.07, 6.45) is 0. The van der Waals surface area contributed by atoms with Crippen molar-refractivity contribution >= 4 is 28.9 Å². The van der Waals surface area contributed by atoms with Crippen LogP contribution in [0.4, 0.5) is 0 Å². The number of hydrogen-bond acceptors (Lipinski definition) is 4. The van der Waals surface area contributed by atoms with Crippen molar-refractivity contribution in [1.29, 1.82) is 0 Å². The largest absolute Gasteiger partial charge is 0.283 e. The molecular formula is C20H21N5OS. The molecule has 0 saturated carbocycles. The van der Waals surface area contributed by atoms with E-state index in [2.05, 4.69) is 35.1 Å². The lowest BCUT2D eigenvalue weighted by Gasteiger charge is -2.17. The van der Waals surface area contributed by atoms with Crippen molar-refractivity contribution in [2.45, 2.75) is 20.1 Å². The van der Waals surface area contributed by atoms with Gasteiger partial charge in [0, 0.05) is 13.6 Å². The molecule has 0 atom stereocenters. The molecule has 2 heterocycles. The lowest BCUT2D eigenvalue weighted by atomic mass is 10.1. The van der Waals surface area contributed by atoms with Gasteiger partial charge in [0.15, 0.2) is 0 Å². The summed E-state index contributed by atoms with van der Waals surface area (Å²) < 4.78 is 5.77. The van der Waals surface area contributed by atoms with Gasteiger partial charge in [-0.05, 0) is 49.4 Å². The first-order valence-corrected chi connectivity index (χ1v) is 9.18. The molecule has 0 radical (unpaired) electrons. The number of aryl methyl sites for hydroxylation is 2. The molecule has 0 saturated heterocycles. The molecule has 2 aromatic carbocycles. The number of rotatable bonds is 4. The highest BCUT2D eigenvalue weighted by atomic mass is 32.1. The number of hydrogen-bond donors (Lipinski definition) is 0. The highest BCUT2D eigenvalue weighted by Gasteiger charge is 2.14. The quantitative estimate of drug-likeness (QED) is 0.511. The van der Waals surface area contributed by atoms with Gasteiger partial charge in [0.1, 0.15) is 0 Å². The summed E-state index contributed by atoms with van der Waals surface area (Å²) in [5.41, 5.74) is 3.25. The van der Waals surface area contributed by atoms with Crippen molar-refractivity contribution < 1.29 is 0 Å². The van der Waals surface area contributed by atoms with E-state index in [0.717, 1.165) is 12.1 Å². The van der Waals surface area contributed by atoms with E-state index in [-0.39, 0.29) is 5.56 Å². The molecule has 0 amide bonds. The summed E-state index contributed by atoms with van der Waals surface area (Å²) in [7, 11) is 3.77. The van der Waals surface area contributed by atoms with Gasteiger partial charge in [0.25, 0.3) is 5.56 Å². The summed E-state index contributed by atoms with van der Waals surface area (Å²) in [6, 6.07) is 15.8. The van der Waals surface area contributed by atoms with Crippen LogP contribution >= 0.6 is 12.2 Å². The number of para-hydroxylation sites is 1. The molecule has 0 N–H and O–H groups in total. The lowest BCUT2D eigenvalue weighted by molar-refractivity contribution is 0.244. The first kappa shape index (κ1) is 17.6. The minimum atomic E-state index is -0.0708. The van der Waals surface area contributed by atoms with Crippen LogP contribution in [-0.4, -0.2) is 30.7 Å². The van der Waals surface area contributed by atoms with Crippen LogP contribution in [0.2, 0.25) is 0 Å². The average Bonchev–Trinajstić information content (AvgIpc) is 2.98. The van der Waals surface area contributed by atoms with Crippen LogP contribution in [-0.2, 0) is 20.3 Å². The molecule has 0 aliphatic carbocycles. The molecule has 0 aliphatic rings. The third-order valence-electron chi connectivity index (χ3n) is 4.88. The molecule has 6 nitrogen and oxygen atoms in total. The summed E-state index contributed by atoms with van der Waals surface area (Å²) in [5, 5.41) is 5.26. The van der Waals surface area contributed by atoms with Crippen molar-refractivity contribution in [3.63, 3.8) is 0 Å². The van der Waals surface area contributed by atoms with E-state index in [1.165, 1.54) is 11.1 Å². The van der Waals surface area contributed by atoms with Gasteiger partial charge in [-0.3, -0.25) is 18.7 Å². The zero-order valence-electron chi connectivity index (χ0n) is 15.6. The second kappa shape index (κ2) is 6.75. The number of aromatic nitrogens is 4. The zero-order valence-corrected chi connectivity index (χ0v) is 16.4. The molecule has 4 aromatic rings. The second-order valence-electron chi connectivity index (χ2n) is 6.88. The molecule has 0 bridgehead atoms. The minimum absolute atomic E-state index is 0.0708. The first-order chi connectivity index (χ1) is 13.0. The smallest absolute Gasteiger partial charge is 0.262 e. The van der Waals surface area contributed by atoms with Crippen molar-refractivity contribution in [3.05, 3.63) is 74.8 Å². The van der Waals surface area contributed by atoms with Gasteiger partial charge in [0.2, 0.25) is 10.5 Å². The summed E-state index contributed by atoms with van der Waals surface area (Å²) in [5.74, 6) is 0.549. The van der Waals surface area contributed by atoms with Gasteiger partial charge in [-0.2, -0.15) is 0 Å². The van der Waals surface area contributed by atoms with Gasteiger partial charge in [0.05, 0.1) is 17.6 Å². The fraction of sp³-hybridized carbons (Fsp3) is 0.250. The number of benzene rings is 2. The molecule has 4 rings (SSSR count).